The monoisotopic (exact) mass is 465 g/mol. The first-order chi connectivity index (χ1) is 14.7. The molecule has 2 amide bonds. The number of ether oxygens (including phenoxy) is 1. The van der Waals surface area contributed by atoms with Gasteiger partial charge in [0, 0.05) is 18.0 Å². The van der Waals surface area contributed by atoms with E-state index in [1.807, 2.05) is 0 Å². The van der Waals surface area contributed by atoms with Crippen LogP contribution in [-0.2, 0) is 24.3 Å². The molecule has 0 bridgehead atoms. The number of hydrogen-bond donors (Lipinski definition) is 2. The van der Waals surface area contributed by atoms with Crippen LogP contribution in [0.25, 0.3) is 0 Å². The number of sulfonamides is 1. The highest BCUT2D eigenvalue weighted by atomic mass is 32.2. The molecule has 0 radical (unpaired) electrons. The number of rotatable bonds is 4. The molecular formula is C20H20FN3O5S2. The van der Waals surface area contributed by atoms with E-state index in [1.165, 1.54) is 24.3 Å². The van der Waals surface area contributed by atoms with Crippen molar-refractivity contribution in [1.29, 1.82) is 0 Å². The normalized spacial score (nSPS) is 18.8. The lowest BCUT2D eigenvalue weighted by atomic mass is 10.2. The van der Waals surface area contributed by atoms with Crippen LogP contribution in [0.4, 0.5) is 15.8 Å². The molecule has 2 aromatic carbocycles. The van der Waals surface area contributed by atoms with E-state index in [4.69, 9.17) is 4.74 Å². The Labute approximate surface area is 183 Å². The van der Waals surface area contributed by atoms with E-state index in [0.29, 0.717) is 42.4 Å². The van der Waals surface area contributed by atoms with Crippen LogP contribution in [0.15, 0.2) is 46.2 Å². The van der Waals surface area contributed by atoms with Gasteiger partial charge in [0.25, 0.3) is 10.0 Å². The molecule has 2 aliphatic heterocycles. The first-order valence-corrected chi connectivity index (χ1v) is 11.9. The van der Waals surface area contributed by atoms with Crippen LogP contribution in [0.2, 0.25) is 0 Å². The van der Waals surface area contributed by atoms with Gasteiger partial charge in [-0.1, -0.05) is 6.07 Å². The van der Waals surface area contributed by atoms with Crippen LogP contribution in [0.3, 0.4) is 0 Å². The number of nitrogens with zero attached hydrogens (tertiary/aromatic N) is 1. The van der Waals surface area contributed by atoms with Crippen molar-refractivity contribution < 1.29 is 27.1 Å². The maximum Gasteiger partial charge on any atom is 0.261 e. The summed E-state index contributed by atoms with van der Waals surface area (Å²) in [6.07, 6.45) is 0. The zero-order chi connectivity index (χ0) is 22.2. The van der Waals surface area contributed by atoms with Crippen LogP contribution in [0.5, 0.6) is 0 Å². The molecule has 2 N–H and O–H groups in total. The maximum absolute atomic E-state index is 13.7. The molecule has 0 aliphatic carbocycles. The van der Waals surface area contributed by atoms with Gasteiger partial charge < -0.3 is 15.0 Å². The predicted octanol–water partition coefficient (Wildman–Crippen LogP) is 2.21. The summed E-state index contributed by atoms with van der Waals surface area (Å²) in [5.74, 6) is -1.32. The molecule has 11 heteroatoms. The number of carbonyl (C=O) groups is 2. The van der Waals surface area contributed by atoms with Crippen molar-refractivity contribution in [2.24, 2.45) is 0 Å². The number of amides is 2. The molecule has 4 rings (SSSR count). The van der Waals surface area contributed by atoms with Crippen molar-refractivity contribution >= 4 is 45.0 Å². The van der Waals surface area contributed by atoms with Crippen molar-refractivity contribution in [2.75, 3.05) is 36.3 Å². The van der Waals surface area contributed by atoms with Crippen molar-refractivity contribution in [2.45, 2.75) is 22.0 Å². The fourth-order valence-electron chi connectivity index (χ4n) is 3.24. The molecule has 164 valence electrons. The largest absolute Gasteiger partial charge is 0.378 e. The zero-order valence-corrected chi connectivity index (χ0v) is 18.2. The van der Waals surface area contributed by atoms with Crippen LogP contribution in [0.1, 0.15) is 5.56 Å². The second-order valence-corrected chi connectivity index (χ2v) is 9.98. The molecule has 2 heterocycles. The van der Waals surface area contributed by atoms with E-state index in [2.05, 4.69) is 10.0 Å². The standard InChI is InChI=1S/C20H20FN3O5S2/c1-12-2-3-13(10-15(12)21)23-31(27,28)14-4-5-17-16(11-14)22-19(25)18(30-17)20(26)24-6-8-29-9-7-24/h2-5,10-11,18,23H,6-9H2,1H3,(H,22,25). The SMILES string of the molecule is Cc1ccc(NS(=O)(=O)c2ccc3c(c2)NC(=O)C(C(=O)N2CCOCC2)S3)cc1F. The summed E-state index contributed by atoms with van der Waals surface area (Å²) < 4.78 is 46.7. The van der Waals surface area contributed by atoms with Gasteiger partial charge in [0.05, 0.1) is 29.5 Å². The number of anilines is 2. The average Bonchev–Trinajstić information content (AvgIpc) is 2.75. The summed E-state index contributed by atoms with van der Waals surface area (Å²) in [6.45, 7) is 3.30. The van der Waals surface area contributed by atoms with Gasteiger partial charge in [0.1, 0.15) is 5.82 Å². The third-order valence-corrected chi connectivity index (χ3v) is 7.61. The molecule has 1 unspecified atom stereocenters. The minimum atomic E-state index is -4.01. The highest BCUT2D eigenvalue weighted by Crippen LogP contribution is 2.38. The molecule has 0 spiro atoms. The summed E-state index contributed by atoms with van der Waals surface area (Å²) in [4.78, 5) is 27.3. The van der Waals surface area contributed by atoms with E-state index in [-0.39, 0.29) is 16.5 Å². The fraction of sp³-hybridized carbons (Fsp3) is 0.300. The van der Waals surface area contributed by atoms with Gasteiger partial charge in [0.15, 0.2) is 5.25 Å². The highest BCUT2D eigenvalue weighted by Gasteiger charge is 2.36. The Morgan fingerprint density at radius 3 is 2.68 bits per heavy atom. The molecule has 1 saturated heterocycles. The smallest absolute Gasteiger partial charge is 0.261 e. The minimum absolute atomic E-state index is 0.0916. The number of thioether (sulfide) groups is 1. The Bertz CT molecular complexity index is 1150. The van der Waals surface area contributed by atoms with E-state index in [9.17, 15) is 22.4 Å². The molecule has 2 aromatic rings. The van der Waals surface area contributed by atoms with Gasteiger partial charge in [-0.15, -0.1) is 11.8 Å². The summed E-state index contributed by atoms with van der Waals surface area (Å²) in [5, 5.41) is 1.69. The summed E-state index contributed by atoms with van der Waals surface area (Å²) in [6, 6.07) is 8.29. The summed E-state index contributed by atoms with van der Waals surface area (Å²) in [7, 11) is -4.01. The number of fused-ring (bicyclic) bond motifs is 1. The van der Waals surface area contributed by atoms with Gasteiger partial charge in [-0.2, -0.15) is 0 Å². The quantitative estimate of drug-likeness (QED) is 0.671. The molecule has 31 heavy (non-hydrogen) atoms. The fourth-order valence-corrected chi connectivity index (χ4v) is 5.37. The van der Waals surface area contributed by atoms with Crippen molar-refractivity contribution in [1.82, 2.24) is 4.90 Å². The highest BCUT2D eigenvalue weighted by molar-refractivity contribution is 8.01. The Kier molecular flexibility index (Phi) is 5.91. The van der Waals surface area contributed by atoms with Crippen molar-refractivity contribution in [3.8, 4) is 0 Å². The maximum atomic E-state index is 13.7. The Hall–Kier alpha value is -2.63. The van der Waals surface area contributed by atoms with E-state index in [0.717, 1.165) is 17.8 Å². The Morgan fingerprint density at radius 1 is 1.23 bits per heavy atom. The number of nitrogens with one attached hydrogen (secondary N) is 2. The van der Waals surface area contributed by atoms with E-state index < -0.39 is 27.0 Å². The molecule has 0 saturated carbocycles. The first kappa shape index (κ1) is 21.6. The van der Waals surface area contributed by atoms with Crippen LogP contribution in [0, 0.1) is 12.7 Å². The molecular weight excluding hydrogens is 445 g/mol. The van der Waals surface area contributed by atoms with Gasteiger partial charge in [-0.25, -0.2) is 12.8 Å². The lowest BCUT2D eigenvalue weighted by Crippen LogP contribution is -2.49. The Balaban J connectivity index is 1.54. The third kappa shape index (κ3) is 4.53. The lowest BCUT2D eigenvalue weighted by molar-refractivity contribution is -0.137. The number of morpholine rings is 1. The number of carbonyl (C=O) groups excluding carboxylic acids is 2. The second kappa shape index (κ2) is 8.48. The van der Waals surface area contributed by atoms with E-state index >= 15 is 0 Å². The van der Waals surface area contributed by atoms with E-state index in [1.54, 1.807) is 17.9 Å². The zero-order valence-electron chi connectivity index (χ0n) is 16.6. The number of halogens is 1. The molecule has 0 aromatic heterocycles. The molecule has 2 aliphatic rings. The van der Waals surface area contributed by atoms with Gasteiger partial charge in [-0.3, -0.25) is 14.3 Å². The van der Waals surface area contributed by atoms with Crippen LogP contribution in [-0.4, -0.2) is 56.7 Å². The topological polar surface area (TPSA) is 105 Å². The Morgan fingerprint density at radius 2 is 1.97 bits per heavy atom. The summed E-state index contributed by atoms with van der Waals surface area (Å²) >= 11 is 1.08. The first-order valence-electron chi connectivity index (χ1n) is 9.52. The molecule has 8 nitrogen and oxygen atoms in total. The van der Waals surface area contributed by atoms with Gasteiger partial charge in [-0.05, 0) is 42.8 Å². The summed E-state index contributed by atoms with van der Waals surface area (Å²) in [5.41, 5.74) is 0.798. The third-order valence-electron chi connectivity index (χ3n) is 4.97. The van der Waals surface area contributed by atoms with Crippen LogP contribution >= 0.6 is 11.8 Å². The number of hydrogen-bond acceptors (Lipinski definition) is 6. The second-order valence-electron chi connectivity index (χ2n) is 7.15. The molecule has 1 atom stereocenters. The average molecular weight is 466 g/mol. The lowest BCUT2D eigenvalue weighted by Gasteiger charge is -2.31. The number of benzene rings is 2. The predicted molar refractivity (Wildman–Crippen MR) is 114 cm³/mol. The van der Waals surface area contributed by atoms with Crippen molar-refractivity contribution in [3.63, 3.8) is 0 Å². The molecule has 1 fully saturated rings. The van der Waals surface area contributed by atoms with Crippen LogP contribution < -0.4 is 10.0 Å². The minimum Gasteiger partial charge on any atom is -0.378 e. The number of aryl methyl sites for hydroxylation is 1. The van der Waals surface area contributed by atoms with Crippen molar-refractivity contribution in [3.05, 3.63) is 47.8 Å². The van der Waals surface area contributed by atoms with Gasteiger partial charge in [0.2, 0.25) is 11.8 Å². The van der Waals surface area contributed by atoms with Gasteiger partial charge >= 0.3 is 0 Å².